The fraction of sp³-hybridized carbons (Fsp3) is 0.333. The van der Waals surface area contributed by atoms with Gasteiger partial charge in [-0.25, -0.2) is 5.43 Å². The standard InChI is InChI=1S/C24H29N5O3S/c1-6-29-22(17-8-10-18(11-9-17)24(2,3)4)27-28-23(29)33-15-21(31)26-25-14-16-7-12-19(30)20(13-16)32-5/h7-14,30H,6,15H2,1-5H3,(H,26,31)/b25-14-. The van der Waals surface area contributed by atoms with Crippen LogP contribution in [0.3, 0.4) is 0 Å². The predicted molar refractivity (Wildman–Crippen MR) is 131 cm³/mol. The van der Waals surface area contributed by atoms with Gasteiger partial charge in [0.2, 0.25) is 0 Å². The fourth-order valence-corrected chi connectivity index (χ4v) is 3.92. The van der Waals surface area contributed by atoms with E-state index < -0.39 is 0 Å². The molecule has 0 aliphatic heterocycles. The van der Waals surface area contributed by atoms with Crippen LogP contribution in [-0.2, 0) is 16.8 Å². The molecule has 1 amide bonds. The quantitative estimate of drug-likeness (QED) is 0.292. The van der Waals surface area contributed by atoms with Gasteiger partial charge in [0.05, 0.1) is 19.1 Å². The van der Waals surface area contributed by atoms with Crippen molar-refractivity contribution < 1.29 is 14.6 Å². The minimum Gasteiger partial charge on any atom is -0.504 e. The first-order valence-electron chi connectivity index (χ1n) is 10.6. The maximum absolute atomic E-state index is 12.2. The molecule has 3 aromatic rings. The second-order valence-electron chi connectivity index (χ2n) is 8.39. The molecule has 0 aliphatic carbocycles. The van der Waals surface area contributed by atoms with Crippen molar-refractivity contribution in [1.82, 2.24) is 20.2 Å². The molecular formula is C24H29N5O3S. The number of hydrogen-bond acceptors (Lipinski definition) is 7. The highest BCUT2D eigenvalue weighted by atomic mass is 32.2. The lowest BCUT2D eigenvalue weighted by Crippen LogP contribution is -2.20. The van der Waals surface area contributed by atoms with Crippen LogP contribution in [0.4, 0.5) is 0 Å². The zero-order chi connectivity index (χ0) is 24.0. The van der Waals surface area contributed by atoms with E-state index in [1.807, 2.05) is 11.5 Å². The Morgan fingerprint density at radius 2 is 1.94 bits per heavy atom. The van der Waals surface area contributed by atoms with Gasteiger partial charge in [-0.3, -0.25) is 4.79 Å². The zero-order valence-corrected chi connectivity index (χ0v) is 20.3. The summed E-state index contributed by atoms with van der Waals surface area (Å²) in [5.74, 6) is 1.05. The highest BCUT2D eigenvalue weighted by Crippen LogP contribution is 2.28. The molecule has 0 saturated heterocycles. The Balaban J connectivity index is 1.61. The van der Waals surface area contributed by atoms with Crippen LogP contribution in [0.25, 0.3) is 11.4 Å². The van der Waals surface area contributed by atoms with Crippen LogP contribution in [0.15, 0.2) is 52.7 Å². The van der Waals surface area contributed by atoms with Gasteiger partial charge in [-0.05, 0) is 41.7 Å². The number of phenolic OH excluding ortho intramolecular Hbond substituents is 1. The van der Waals surface area contributed by atoms with Gasteiger partial charge in [-0.2, -0.15) is 5.10 Å². The van der Waals surface area contributed by atoms with Crippen LogP contribution in [0.1, 0.15) is 38.8 Å². The number of amides is 1. The first-order chi connectivity index (χ1) is 15.7. The van der Waals surface area contributed by atoms with E-state index in [0.29, 0.717) is 23.0 Å². The normalized spacial score (nSPS) is 11.7. The number of benzene rings is 2. The molecule has 0 fully saturated rings. The number of carbonyl (C=O) groups is 1. The van der Waals surface area contributed by atoms with Crippen molar-refractivity contribution in [3.05, 3.63) is 53.6 Å². The van der Waals surface area contributed by atoms with Gasteiger partial charge in [0.15, 0.2) is 22.5 Å². The average Bonchev–Trinajstić information content (AvgIpc) is 3.21. The molecule has 1 aromatic heterocycles. The van der Waals surface area contributed by atoms with E-state index in [4.69, 9.17) is 4.74 Å². The topological polar surface area (TPSA) is 102 Å². The number of ether oxygens (including phenoxy) is 1. The third-order valence-corrected chi connectivity index (χ3v) is 5.95. The monoisotopic (exact) mass is 467 g/mol. The van der Waals surface area contributed by atoms with Gasteiger partial charge >= 0.3 is 0 Å². The number of thioether (sulfide) groups is 1. The van der Waals surface area contributed by atoms with E-state index >= 15 is 0 Å². The van der Waals surface area contributed by atoms with Crippen LogP contribution in [0, 0.1) is 0 Å². The van der Waals surface area contributed by atoms with Gasteiger partial charge in [-0.15, -0.1) is 10.2 Å². The summed E-state index contributed by atoms with van der Waals surface area (Å²) in [7, 11) is 1.47. The van der Waals surface area contributed by atoms with Crippen molar-refractivity contribution in [2.24, 2.45) is 5.10 Å². The van der Waals surface area contributed by atoms with Crippen LogP contribution < -0.4 is 10.2 Å². The SMILES string of the molecule is CCn1c(SCC(=O)N/N=C\c2ccc(O)c(OC)c2)nnc1-c1ccc(C(C)(C)C)cc1. The van der Waals surface area contributed by atoms with Gasteiger partial charge in [0, 0.05) is 12.1 Å². The van der Waals surface area contributed by atoms with Crippen molar-refractivity contribution in [3.8, 4) is 22.9 Å². The number of aromatic hydroxyl groups is 1. The lowest BCUT2D eigenvalue weighted by Gasteiger charge is -2.19. The van der Waals surface area contributed by atoms with Crippen molar-refractivity contribution in [2.75, 3.05) is 12.9 Å². The van der Waals surface area contributed by atoms with E-state index in [-0.39, 0.29) is 22.8 Å². The molecule has 0 unspecified atom stereocenters. The molecule has 9 heteroatoms. The molecule has 8 nitrogen and oxygen atoms in total. The van der Waals surface area contributed by atoms with Gasteiger partial charge in [0.1, 0.15) is 0 Å². The molecular weight excluding hydrogens is 438 g/mol. The minimum atomic E-state index is -0.260. The molecule has 33 heavy (non-hydrogen) atoms. The highest BCUT2D eigenvalue weighted by Gasteiger charge is 2.17. The first kappa shape index (κ1) is 24.3. The average molecular weight is 468 g/mol. The molecule has 2 N–H and O–H groups in total. The summed E-state index contributed by atoms with van der Waals surface area (Å²) in [6, 6.07) is 13.2. The maximum atomic E-state index is 12.2. The van der Waals surface area contributed by atoms with Crippen molar-refractivity contribution in [2.45, 2.75) is 44.8 Å². The van der Waals surface area contributed by atoms with Crippen molar-refractivity contribution >= 4 is 23.9 Å². The summed E-state index contributed by atoms with van der Waals surface area (Å²) in [5, 5.41) is 22.9. The number of phenols is 1. The van der Waals surface area contributed by atoms with Gasteiger partial charge < -0.3 is 14.4 Å². The second-order valence-corrected chi connectivity index (χ2v) is 9.33. The minimum absolute atomic E-state index is 0.0413. The molecule has 0 saturated carbocycles. The Morgan fingerprint density at radius 3 is 2.58 bits per heavy atom. The lowest BCUT2D eigenvalue weighted by molar-refractivity contribution is -0.118. The molecule has 0 spiro atoms. The van der Waals surface area contributed by atoms with Crippen LogP contribution in [-0.4, -0.2) is 44.9 Å². The van der Waals surface area contributed by atoms with E-state index in [2.05, 4.69) is 65.8 Å². The summed E-state index contributed by atoms with van der Waals surface area (Å²) in [6.07, 6.45) is 1.48. The third kappa shape index (κ3) is 6.13. The molecule has 3 rings (SSSR count). The zero-order valence-electron chi connectivity index (χ0n) is 19.5. The number of nitrogens with one attached hydrogen (secondary N) is 1. The smallest absolute Gasteiger partial charge is 0.250 e. The number of nitrogens with zero attached hydrogens (tertiary/aromatic N) is 4. The summed E-state index contributed by atoms with van der Waals surface area (Å²) >= 11 is 1.31. The molecule has 0 atom stereocenters. The maximum Gasteiger partial charge on any atom is 0.250 e. The Kier molecular flexibility index (Phi) is 7.75. The van der Waals surface area contributed by atoms with E-state index in [1.165, 1.54) is 36.7 Å². The van der Waals surface area contributed by atoms with Crippen LogP contribution in [0.5, 0.6) is 11.5 Å². The summed E-state index contributed by atoms with van der Waals surface area (Å²) in [6.45, 7) is 9.26. The summed E-state index contributed by atoms with van der Waals surface area (Å²) in [5.41, 5.74) is 5.51. The predicted octanol–water partition coefficient (Wildman–Crippen LogP) is 4.22. The molecule has 0 aliphatic rings. The molecule has 0 bridgehead atoms. The number of aromatic nitrogens is 3. The Morgan fingerprint density at radius 1 is 1.21 bits per heavy atom. The number of methoxy groups -OCH3 is 1. The fourth-order valence-electron chi connectivity index (χ4n) is 3.13. The Bertz CT molecular complexity index is 1130. The van der Waals surface area contributed by atoms with Crippen molar-refractivity contribution in [1.29, 1.82) is 0 Å². The number of rotatable bonds is 8. The molecule has 0 radical (unpaired) electrons. The third-order valence-electron chi connectivity index (χ3n) is 4.98. The van der Waals surface area contributed by atoms with Gasteiger partial charge in [-0.1, -0.05) is 56.8 Å². The second kappa shape index (κ2) is 10.5. The van der Waals surface area contributed by atoms with Crippen molar-refractivity contribution in [3.63, 3.8) is 0 Å². The Labute approximate surface area is 198 Å². The highest BCUT2D eigenvalue weighted by molar-refractivity contribution is 7.99. The summed E-state index contributed by atoms with van der Waals surface area (Å²) < 4.78 is 7.06. The number of hydrogen-bond donors (Lipinski definition) is 2. The Hall–Kier alpha value is -3.33. The summed E-state index contributed by atoms with van der Waals surface area (Å²) in [4.78, 5) is 12.2. The first-order valence-corrected chi connectivity index (χ1v) is 11.6. The van der Waals surface area contributed by atoms with E-state index in [9.17, 15) is 9.90 Å². The molecule has 2 aromatic carbocycles. The molecule has 174 valence electrons. The number of hydrazone groups is 1. The lowest BCUT2D eigenvalue weighted by atomic mass is 9.87. The van der Waals surface area contributed by atoms with E-state index in [0.717, 1.165) is 11.4 Å². The van der Waals surface area contributed by atoms with Crippen LogP contribution >= 0.6 is 11.8 Å². The number of carbonyl (C=O) groups excluding carboxylic acids is 1. The molecule has 1 heterocycles. The van der Waals surface area contributed by atoms with Gasteiger partial charge in [0.25, 0.3) is 5.91 Å². The largest absolute Gasteiger partial charge is 0.504 e. The van der Waals surface area contributed by atoms with Crippen LogP contribution in [0.2, 0.25) is 0 Å². The van der Waals surface area contributed by atoms with E-state index in [1.54, 1.807) is 12.1 Å².